The number of carboxylic acids is 1. The minimum absolute atomic E-state index is 0.0130. The number of carboxylic acid groups (broad SMARTS) is 1. The van der Waals surface area contributed by atoms with Crippen LogP contribution in [0.3, 0.4) is 0 Å². The standard InChI is InChI=1S/C17H18N4O5S/c1-3-11(22)18-13-12(19-14(23)10-7-5-4-6-8-10)15(24)21-17(20-13)27-9(2)16(25)26/h4-9H,3H2,1-2H3,(H,19,23)(H,25,26)(H2,18,20,21,22,24)/t9-/m0/s1. The fourth-order valence-corrected chi connectivity index (χ4v) is 2.66. The molecule has 0 aliphatic heterocycles. The normalized spacial score (nSPS) is 11.5. The quantitative estimate of drug-likeness (QED) is 0.418. The van der Waals surface area contributed by atoms with Crippen LogP contribution in [0.2, 0.25) is 0 Å². The molecule has 0 saturated carbocycles. The molecule has 0 unspecified atom stereocenters. The molecule has 1 heterocycles. The van der Waals surface area contributed by atoms with Gasteiger partial charge in [-0.1, -0.05) is 36.9 Å². The average molecular weight is 390 g/mol. The van der Waals surface area contributed by atoms with Crippen molar-refractivity contribution in [2.24, 2.45) is 0 Å². The van der Waals surface area contributed by atoms with Crippen LogP contribution in [0.25, 0.3) is 0 Å². The molecule has 2 amide bonds. The number of carbonyl (C=O) groups excluding carboxylic acids is 2. The van der Waals surface area contributed by atoms with Crippen molar-refractivity contribution in [1.82, 2.24) is 9.97 Å². The second-order valence-corrected chi connectivity index (χ2v) is 6.74. The lowest BCUT2D eigenvalue weighted by atomic mass is 10.2. The Morgan fingerprint density at radius 1 is 1.22 bits per heavy atom. The second-order valence-electron chi connectivity index (χ2n) is 5.41. The first kappa shape index (κ1) is 20.2. The number of rotatable bonds is 7. The largest absolute Gasteiger partial charge is 0.480 e. The number of nitrogens with zero attached hydrogens (tertiary/aromatic N) is 1. The number of aromatic nitrogens is 2. The highest BCUT2D eigenvalue weighted by Gasteiger charge is 2.20. The Hall–Kier alpha value is -3.14. The minimum atomic E-state index is -1.08. The van der Waals surface area contributed by atoms with Crippen molar-refractivity contribution in [3.8, 4) is 0 Å². The molecule has 0 aliphatic rings. The van der Waals surface area contributed by atoms with Gasteiger partial charge in [-0.05, 0) is 19.1 Å². The van der Waals surface area contributed by atoms with Gasteiger partial charge in [-0.2, -0.15) is 0 Å². The van der Waals surface area contributed by atoms with Gasteiger partial charge >= 0.3 is 5.97 Å². The third-order valence-corrected chi connectivity index (χ3v) is 4.36. The number of H-pyrrole nitrogens is 1. The van der Waals surface area contributed by atoms with E-state index in [2.05, 4.69) is 20.6 Å². The molecule has 10 heteroatoms. The summed E-state index contributed by atoms with van der Waals surface area (Å²) in [5.41, 5.74) is -0.610. The Kier molecular flexibility index (Phi) is 6.72. The Labute approximate surface area is 158 Å². The Morgan fingerprint density at radius 2 is 1.89 bits per heavy atom. The molecule has 1 atom stereocenters. The summed E-state index contributed by atoms with van der Waals surface area (Å²) in [6.45, 7) is 3.05. The molecule has 2 aromatic rings. The van der Waals surface area contributed by atoms with Gasteiger partial charge in [0.05, 0.1) is 0 Å². The van der Waals surface area contributed by atoms with Crippen LogP contribution in [0, 0.1) is 0 Å². The topological polar surface area (TPSA) is 141 Å². The van der Waals surface area contributed by atoms with Crippen LogP contribution in [0.4, 0.5) is 11.5 Å². The molecule has 27 heavy (non-hydrogen) atoms. The van der Waals surface area contributed by atoms with E-state index < -0.39 is 28.6 Å². The highest BCUT2D eigenvalue weighted by atomic mass is 32.2. The van der Waals surface area contributed by atoms with E-state index in [9.17, 15) is 19.2 Å². The maximum Gasteiger partial charge on any atom is 0.316 e. The number of anilines is 2. The molecule has 0 fully saturated rings. The molecule has 0 radical (unpaired) electrons. The Bertz CT molecular complexity index is 913. The zero-order valence-corrected chi connectivity index (χ0v) is 15.4. The van der Waals surface area contributed by atoms with Crippen LogP contribution < -0.4 is 16.2 Å². The van der Waals surface area contributed by atoms with Crippen LogP contribution >= 0.6 is 11.8 Å². The molecule has 0 bridgehead atoms. The molecule has 0 spiro atoms. The molecule has 142 valence electrons. The van der Waals surface area contributed by atoms with E-state index in [1.165, 1.54) is 6.92 Å². The first-order chi connectivity index (χ1) is 12.8. The first-order valence-electron chi connectivity index (χ1n) is 8.01. The first-order valence-corrected chi connectivity index (χ1v) is 8.89. The summed E-state index contributed by atoms with van der Waals surface area (Å²) in [5.74, 6) is -2.18. The van der Waals surface area contributed by atoms with Crippen molar-refractivity contribution in [3.63, 3.8) is 0 Å². The van der Waals surface area contributed by atoms with Crippen LogP contribution in [0.1, 0.15) is 30.6 Å². The SMILES string of the molecule is CCC(=O)Nc1nc(S[C@@H](C)C(=O)O)[nH]c(=O)c1NC(=O)c1ccccc1. The van der Waals surface area contributed by atoms with Crippen LogP contribution in [0.5, 0.6) is 0 Å². The summed E-state index contributed by atoms with van der Waals surface area (Å²) in [6.07, 6.45) is 0.133. The van der Waals surface area contributed by atoms with Crippen molar-refractivity contribution >= 4 is 41.1 Å². The van der Waals surface area contributed by atoms with E-state index in [4.69, 9.17) is 5.11 Å². The number of thioether (sulfide) groups is 1. The molecule has 0 aliphatic carbocycles. The number of benzene rings is 1. The number of aliphatic carboxylic acids is 1. The van der Waals surface area contributed by atoms with Gasteiger partial charge in [-0.25, -0.2) is 4.98 Å². The highest BCUT2D eigenvalue weighted by molar-refractivity contribution is 8.00. The van der Waals surface area contributed by atoms with Crippen molar-refractivity contribution in [2.45, 2.75) is 30.7 Å². The van der Waals surface area contributed by atoms with E-state index in [-0.39, 0.29) is 23.1 Å². The number of nitrogens with one attached hydrogen (secondary N) is 3. The molecular formula is C17H18N4O5S. The van der Waals surface area contributed by atoms with Gasteiger partial charge in [-0.3, -0.25) is 24.2 Å². The summed E-state index contributed by atoms with van der Waals surface area (Å²) in [6, 6.07) is 8.22. The minimum Gasteiger partial charge on any atom is -0.480 e. The Morgan fingerprint density at radius 3 is 2.48 bits per heavy atom. The summed E-state index contributed by atoms with van der Waals surface area (Å²) in [7, 11) is 0. The predicted octanol–water partition coefficient (Wildman–Crippen LogP) is 1.94. The molecular weight excluding hydrogens is 372 g/mol. The smallest absolute Gasteiger partial charge is 0.316 e. The zero-order valence-electron chi connectivity index (χ0n) is 14.6. The summed E-state index contributed by atoms with van der Waals surface area (Å²) in [5, 5.41) is 13.0. The van der Waals surface area contributed by atoms with Crippen molar-refractivity contribution in [1.29, 1.82) is 0 Å². The van der Waals surface area contributed by atoms with Gasteiger partial charge in [-0.15, -0.1) is 0 Å². The van der Waals surface area contributed by atoms with E-state index in [1.54, 1.807) is 37.3 Å². The van der Waals surface area contributed by atoms with E-state index in [1.807, 2.05) is 0 Å². The maximum absolute atomic E-state index is 12.4. The lowest BCUT2D eigenvalue weighted by Gasteiger charge is -2.13. The van der Waals surface area contributed by atoms with E-state index in [0.29, 0.717) is 5.56 Å². The fourth-order valence-electron chi connectivity index (χ4n) is 1.93. The average Bonchev–Trinajstić information content (AvgIpc) is 2.64. The highest BCUT2D eigenvalue weighted by Crippen LogP contribution is 2.23. The molecule has 0 saturated heterocycles. The molecule has 4 N–H and O–H groups in total. The third-order valence-electron chi connectivity index (χ3n) is 3.39. The van der Waals surface area contributed by atoms with Gasteiger partial charge in [0.15, 0.2) is 16.7 Å². The van der Waals surface area contributed by atoms with E-state index >= 15 is 0 Å². The number of hydrogen-bond donors (Lipinski definition) is 4. The van der Waals surface area contributed by atoms with E-state index in [0.717, 1.165) is 11.8 Å². The number of hydrogen-bond acceptors (Lipinski definition) is 6. The second kappa shape index (κ2) is 8.99. The van der Waals surface area contributed by atoms with Crippen molar-refractivity contribution in [2.75, 3.05) is 10.6 Å². The predicted molar refractivity (Wildman–Crippen MR) is 101 cm³/mol. The number of carbonyl (C=O) groups is 3. The lowest BCUT2D eigenvalue weighted by Crippen LogP contribution is -2.25. The van der Waals surface area contributed by atoms with Crippen molar-refractivity contribution < 1.29 is 19.5 Å². The molecule has 1 aromatic carbocycles. The molecule has 9 nitrogen and oxygen atoms in total. The van der Waals surface area contributed by atoms with Gasteiger partial charge in [0.2, 0.25) is 5.91 Å². The van der Waals surface area contributed by atoms with Crippen LogP contribution in [0.15, 0.2) is 40.3 Å². The summed E-state index contributed by atoms with van der Waals surface area (Å²) >= 11 is 0.808. The summed E-state index contributed by atoms with van der Waals surface area (Å²) < 4.78 is 0. The lowest BCUT2D eigenvalue weighted by molar-refractivity contribution is -0.136. The van der Waals surface area contributed by atoms with Crippen LogP contribution in [-0.2, 0) is 9.59 Å². The summed E-state index contributed by atoms with van der Waals surface area (Å²) in [4.78, 5) is 54.0. The van der Waals surface area contributed by atoms with Gasteiger partial charge in [0.1, 0.15) is 5.25 Å². The van der Waals surface area contributed by atoms with Gasteiger partial charge in [0.25, 0.3) is 11.5 Å². The molecule has 2 rings (SSSR count). The van der Waals surface area contributed by atoms with Crippen LogP contribution in [-0.4, -0.2) is 38.1 Å². The fraction of sp³-hybridized carbons (Fsp3) is 0.235. The zero-order chi connectivity index (χ0) is 20.0. The maximum atomic E-state index is 12.4. The molecule has 1 aromatic heterocycles. The monoisotopic (exact) mass is 390 g/mol. The number of aromatic amines is 1. The third kappa shape index (κ3) is 5.42. The van der Waals surface area contributed by atoms with Crippen molar-refractivity contribution in [3.05, 3.63) is 46.2 Å². The van der Waals surface area contributed by atoms with Gasteiger partial charge < -0.3 is 15.7 Å². The van der Waals surface area contributed by atoms with Gasteiger partial charge in [0, 0.05) is 12.0 Å². The Balaban J connectivity index is 2.39. The number of amides is 2.